The zero-order chi connectivity index (χ0) is 20.7. The molecule has 0 spiro atoms. The first-order chi connectivity index (χ1) is 14.6. The number of hydrogen-bond donors (Lipinski definition) is 0. The van der Waals surface area contributed by atoms with Crippen LogP contribution in [0.25, 0.3) is 10.4 Å². The van der Waals surface area contributed by atoms with E-state index in [2.05, 4.69) is 36.2 Å². The number of thiazole rings is 1. The second-order valence-electron chi connectivity index (χ2n) is 7.97. The predicted octanol–water partition coefficient (Wildman–Crippen LogP) is 5.00. The molecule has 3 heterocycles. The maximum Gasteiger partial charge on any atom is 0.274 e. The Bertz CT molecular complexity index is 1110. The lowest BCUT2D eigenvalue weighted by molar-refractivity contribution is 0.0732. The quantitative estimate of drug-likeness (QED) is 0.596. The van der Waals surface area contributed by atoms with Crippen LogP contribution in [0.15, 0.2) is 42.5 Å². The number of nitrogens with zero attached hydrogens (tertiary/aromatic N) is 2. The smallest absolute Gasteiger partial charge is 0.274 e. The SMILES string of the molecule is Cc1cccc(-c2sc(C)nc2C(=O)N2CCC[C@H]2Cc2ccc3c(c2)OCO3)c1. The summed E-state index contributed by atoms with van der Waals surface area (Å²) in [7, 11) is 0. The van der Waals surface area contributed by atoms with E-state index in [0.29, 0.717) is 5.69 Å². The lowest BCUT2D eigenvalue weighted by Crippen LogP contribution is -2.37. The number of amides is 1. The van der Waals surface area contributed by atoms with Crippen molar-refractivity contribution in [2.24, 2.45) is 0 Å². The molecular weight excluding hydrogens is 396 g/mol. The predicted molar refractivity (Wildman–Crippen MR) is 117 cm³/mol. The number of ether oxygens (including phenoxy) is 2. The maximum atomic E-state index is 13.6. The number of carbonyl (C=O) groups is 1. The van der Waals surface area contributed by atoms with Crippen LogP contribution in [0, 0.1) is 13.8 Å². The van der Waals surface area contributed by atoms with Crippen molar-refractivity contribution >= 4 is 17.2 Å². The lowest BCUT2D eigenvalue weighted by atomic mass is 10.0. The Morgan fingerprint density at radius 1 is 1.17 bits per heavy atom. The molecule has 1 aromatic heterocycles. The molecule has 5 nitrogen and oxygen atoms in total. The molecule has 5 rings (SSSR count). The van der Waals surface area contributed by atoms with E-state index >= 15 is 0 Å². The Balaban J connectivity index is 1.41. The van der Waals surface area contributed by atoms with E-state index in [4.69, 9.17) is 9.47 Å². The van der Waals surface area contributed by atoms with Crippen molar-refractivity contribution in [3.05, 3.63) is 64.3 Å². The summed E-state index contributed by atoms with van der Waals surface area (Å²) in [5.41, 5.74) is 3.99. The van der Waals surface area contributed by atoms with Crippen molar-refractivity contribution in [1.82, 2.24) is 9.88 Å². The van der Waals surface area contributed by atoms with Gasteiger partial charge in [0, 0.05) is 12.6 Å². The van der Waals surface area contributed by atoms with Gasteiger partial charge in [0.25, 0.3) is 5.91 Å². The van der Waals surface area contributed by atoms with Crippen LogP contribution in [0.3, 0.4) is 0 Å². The number of aryl methyl sites for hydroxylation is 2. The number of hydrogen-bond acceptors (Lipinski definition) is 5. The van der Waals surface area contributed by atoms with Gasteiger partial charge in [0.1, 0.15) is 5.69 Å². The van der Waals surface area contributed by atoms with Gasteiger partial charge in [-0.2, -0.15) is 0 Å². The molecule has 30 heavy (non-hydrogen) atoms. The van der Waals surface area contributed by atoms with Crippen molar-refractivity contribution < 1.29 is 14.3 Å². The Hall–Kier alpha value is -2.86. The van der Waals surface area contributed by atoms with Gasteiger partial charge in [-0.05, 0) is 56.4 Å². The van der Waals surface area contributed by atoms with Gasteiger partial charge in [0.05, 0.1) is 9.88 Å². The fraction of sp³-hybridized carbons (Fsp3) is 0.333. The Morgan fingerprint density at radius 3 is 2.90 bits per heavy atom. The van der Waals surface area contributed by atoms with Crippen LogP contribution in [-0.2, 0) is 6.42 Å². The third-order valence-corrected chi connectivity index (χ3v) is 6.78. The summed E-state index contributed by atoms with van der Waals surface area (Å²) < 4.78 is 10.9. The van der Waals surface area contributed by atoms with Crippen LogP contribution in [0.2, 0.25) is 0 Å². The second-order valence-corrected chi connectivity index (χ2v) is 9.17. The molecule has 154 valence electrons. The van der Waals surface area contributed by atoms with Crippen LogP contribution < -0.4 is 9.47 Å². The average molecular weight is 421 g/mol. The molecule has 0 bridgehead atoms. The average Bonchev–Trinajstić information content (AvgIpc) is 3.46. The maximum absolute atomic E-state index is 13.6. The number of rotatable bonds is 4. The molecule has 1 saturated heterocycles. The fourth-order valence-electron chi connectivity index (χ4n) is 4.35. The molecule has 1 atom stereocenters. The van der Waals surface area contributed by atoms with Crippen molar-refractivity contribution in [1.29, 1.82) is 0 Å². The van der Waals surface area contributed by atoms with Gasteiger partial charge in [-0.25, -0.2) is 4.98 Å². The third-order valence-electron chi connectivity index (χ3n) is 5.76. The minimum Gasteiger partial charge on any atom is -0.454 e. The zero-order valence-electron chi connectivity index (χ0n) is 17.2. The molecule has 0 N–H and O–H groups in total. The van der Waals surface area contributed by atoms with Crippen molar-refractivity contribution in [3.8, 4) is 21.9 Å². The first-order valence-electron chi connectivity index (χ1n) is 10.3. The summed E-state index contributed by atoms with van der Waals surface area (Å²) in [5, 5.41) is 0.918. The molecule has 0 aliphatic carbocycles. The summed E-state index contributed by atoms with van der Waals surface area (Å²) in [6.07, 6.45) is 2.83. The van der Waals surface area contributed by atoms with E-state index in [1.807, 2.05) is 30.0 Å². The normalized spacial score (nSPS) is 17.5. The molecule has 0 radical (unpaired) electrons. The van der Waals surface area contributed by atoms with E-state index in [-0.39, 0.29) is 18.7 Å². The van der Waals surface area contributed by atoms with Crippen molar-refractivity contribution in [2.75, 3.05) is 13.3 Å². The number of carbonyl (C=O) groups excluding carboxylic acids is 1. The molecule has 1 fully saturated rings. The second kappa shape index (κ2) is 7.76. The number of aromatic nitrogens is 1. The van der Waals surface area contributed by atoms with Crippen LogP contribution in [-0.4, -0.2) is 35.2 Å². The highest BCUT2D eigenvalue weighted by Gasteiger charge is 2.32. The van der Waals surface area contributed by atoms with Gasteiger partial charge in [0.2, 0.25) is 6.79 Å². The zero-order valence-corrected chi connectivity index (χ0v) is 18.0. The van der Waals surface area contributed by atoms with Crippen molar-refractivity contribution in [2.45, 2.75) is 39.2 Å². The molecule has 0 unspecified atom stereocenters. The summed E-state index contributed by atoms with van der Waals surface area (Å²) in [5.74, 6) is 1.62. The fourth-order valence-corrected chi connectivity index (χ4v) is 5.25. The first kappa shape index (κ1) is 19.1. The van der Waals surface area contributed by atoms with Gasteiger partial charge >= 0.3 is 0 Å². The number of likely N-dealkylation sites (tertiary alicyclic amines) is 1. The highest BCUT2D eigenvalue weighted by molar-refractivity contribution is 7.15. The summed E-state index contributed by atoms with van der Waals surface area (Å²) in [6.45, 7) is 5.09. The number of fused-ring (bicyclic) bond motifs is 1. The summed E-state index contributed by atoms with van der Waals surface area (Å²) in [6, 6.07) is 14.5. The third kappa shape index (κ3) is 3.56. The molecule has 1 amide bonds. The largest absolute Gasteiger partial charge is 0.454 e. The van der Waals surface area contributed by atoms with Gasteiger partial charge in [0.15, 0.2) is 11.5 Å². The Kier molecular flexibility index (Phi) is 4.95. The molecule has 2 aliphatic rings. The van der Waals surface area contributed by atoms with Crippen LogP contribution in [0.1, 0.15) is 39.5 Å². The standard InChI is InChI=1S/C24H24N2O3S/c1-15-5-3-6-18(11-15)23-22(25-16(2)30-23)24(27)26-10-4-7-19(26)12-17-8-9-20-21(13-17)29-14-28-20/h3,5-6,8-9,11,13,19H,4,7,10,12,14H2,1-2H3/t19-/m0/s1. The molecule has 2 aromatic carbocycles. The minimum absolute atomic E-state index is 0.0408. The van der Waals surface area contributed by atoms with E-state index in [9.17, 15) is 4.79 Å². The highest BCUT2D eigenvalue weighted by atomic mass is 32.1. The molecule has 0 saturated carbocycles. The topological polar surface area (TPSA) is 51.7 Å². The summed E-state index contributed by atoms with van der Waals surface area (Å²) >= 11 is 1.59. The van der Waals surface area contributed by atoms with E-state index < -0.39 is 0 Å². The van der Waals surface area contributed by atoms with Gasteiger partial charge < -0.3 is 14.4 Å². The minimum atomic E-state index is 0.0408. The summed E-state index contributed by atoms with van der Waals surface area (Å²) in [4.78, 5) is 21.2. The van der Waals surface area contributed by atoms with Crippen LogP contribution >= 0.6 is 11.3 Å². The van der Waals surface area contributed by atoms with E-state index in [1.54, 1.807) is 11.3 Å². The Morgan fingerprint density at radius 2 is 2.03 bits per heavy atom. The van der Waals surface area contributed by atoms with Crippen LogP contribution in [0.5, 0.6) is 11.5 Å². The molecular formula is C24H24N2O3S. The monoisotopic (exact) mass is 420 g/mol. The first-order valence-corrected chi connectivity index (χ1v) is 11.1. The molecule has 6 heteroatoms. The van der Waals surface area contributed by atoms with Gasteiger partial charge in [-0.1, -0.05) is 35.9 Å². The van der Waals surface area contributed by atoms with Crippen LogP contribution in [0.4, 0.5) is 0 Å². The number of benzene rings is 2. The van der Waals surface area contributed by atoms with E-state index in [1.165, 1.54) is 5.56 Å². The van der Waals surface area contributed by atoms with E-state index in [0.717, 1.165) is 58.3 Å². The molecule has 3 aromatic rings. The van der Waals surface area contributed by atoms with Gasteiger partial charge in [-0.15, -0.1) is 11.3 Å². The lowest BCUT2D eigenvalue weighted by Gasteiger charge is -2.24. The highest BCUT2D eigenvalue weighted by Crippen LogP contribution is 2.35. The molecule has 2 aliphatic heterocycles. The van der Waals surface area contributed by atoms with Crippen molar-refractivity contribution in [3.63, 3.8) is 0 Å². The van der Waals surface area contributed by atoms with Gasteiger partial charge in [-0.3, -0.25) is 4.79 Å². The Labute approximate surface area is 180 Å².